The SMILES string of the molecule is C=CCc1ccccc1OCCCCn1c(C2CC(=O)N(c3ccc(OCC)cc3)C2)nc2ccccc21. The van der Waals surface area contributed by atoms with Crippen molar-refractivity contribution < 1.29 is 14.3 Å². The summed E-state index contributed by atoms with van der Waals surface area (Å²) in [6.07, 6.45) is 5.04. The van der Waals surface area contributed by atoms with E-state index in [0.717, 1.165) is 65.4 Å². The van der Waals surface area contributed by atoms with E-state index in [1.54, 1.807) is 0 Å². The van der Waals surface area contributed by atoms with Crippen molar-refractivity contribution in [1.82, 2.24) is 9.55 Å². The molecule has 5 rings (SSSR count). The molecule has 0 saturated carbocycles. The highest BCUT2D eigenvalue weighted by molar-refractivity contribution is 5.96. The largest absolute Gasteiger partial charge is 0.494 e. The summed E-state index contributed by atoms with van der Waals surface area (Å²) in [5, 5.41) is 0. The molecular weight excluding hydrogens is 474 g/mol. The minimum Gasteiger partial charge on any atom is -0.494 e. The molecule has 0 N–H and O–H groups in total. The van der Waals surface area contributed by atoms with Gasteiger partial charge in [-0.25, -0.2) is 4.98 Å². The van der Waals surface area contributed by atoms with E-state index in [0.29, 0.717) is 26.2 Å². The average molecular weight is 510 g/mol. The maximum atomic E-state index is 13.0. The third kappa shape index (κ3) is 5.59. The number of carbonyl (C=O) groups excluding carboxylic acids is 1. The number of aryl methyl sites for hydroxylation is 1. The van der Waals surface area contributed by atoms with Crippen LogP contribution in [0.4, 0.5) is 5.69 Å². The zero-order chi connectivity index (χ0) is 26.3. The van der Waals surface area contributed by atoms with Crippen LogP contribution in [0, 0.1) is 0 Å². The Morgan fingerprint density at radius 3 is 2.61 bits per heavy atom. The van der Waals surface area contributed by atoms with E-state index in [9.17, 15) is 4.79 Å². The third-order valence-corrected chi connectivity index (χ3v) is 7.00. The Labute approximate surface area is 224 Å². The minimum atomic E-state index is 0.0449. The van der Waals surface area contributed by atoms with Crippen molar-refractivity contribution >= 4 is 22.6 Å². The lowest BCUT2D eigenvalue weighted by atomic mass is 10.1. The number of hydrogen-bond donors (Lipinski definition) is 0. The molecular formula is C32H35N3O3. The highest BCUT2D eigenvalue weighted by Crippen LogP contribution is 2.34. The zero-order valence-electron chi connectivity index (χ0n) is 22.0. The number of fused-ring (bicyclic) bond motifs is 1. The number of ether oxygens (including phenoxy) is 2. The molecule has 2 heterocycles. The van der Waals surface area contributed by atoms with Gasteiger partial charge in [0.15, 0.2) is 0 Å². The summed E-state index contributed by atoms with van der Waals surface area (Å²) in [5.74, 6) is 2.91. The second kappa shape index (κ2) is 12.0. The lowest BCUT2D eigenvalue weighted by Crippen LogP contribution is -2.24. The Morgan fingerprint density at radius 2 is 1.79 bits per heavy atom. The van der Waals surface area contributed by atoms with Gasteiger partial charge >= 0.3 is 0 Å². The van der Waals surface area contributed by atoms with Gasteiger partial charge in [0.25, 0.3) is 0 Å². The predicted molar refractivity (Wildman–Crippen MR) is 152 cm³/mol. The van der Waals surface area contributed by atoms with Gasteiger partial charge in [-0.15, -0.1) is 6.58 Å². The number of unbranched alkanes of at least 4 members (excludes halogenated alkanes) is 1. The molecule has 1 aliphatic rings. The number of para-hydroxylation sites is 3. The number of aromatic nitrogens is 2. The van der Waals surface area contributed by atoms with Gasteiger partial charge in [-0.05, 0) is 74.2 Å². The fourth-order valence-electron chi connectivity index (χ4n) is 5.18. The van der Waals surface area contributed by atoms with Crippen LogP contribution in [-0.4, -0.2) is 35.2 Å². The van der Waals surface area contributed by atoms with Crippen LogP contribution in [0.15, 0.2) is 85.5 Å². The summed E-state index contributed by atoms with van der Waals surface area (Å²) < 4.78 is 14.0. The Kier molecular flexibility index (Phi) is 8.07. The van der Waals surface area contributed by atoms with Crippen LogP contribution in [0.5, 0.6) is 11.5 Å². The number of anilines is 1. The first-order valence-corrected chi connectivity index (χ1v) is 13.5. The van der Waals surface area contributed by atoms with E-state index in [-0.39, 0.29) is 11.8 Å². The second-order valence-corrected chi connectivity index (χ2v) is 9.60. The number of allylic oxidation sites excluding steroid dienone is 1. The molecule has 1 aliphatic heterocycles. The van der Waals surface area contributed by atoms with E-state index in [4.69, 9.17) is 14.5 Å². The van der Waals surface area contributed by atoms with Gasteiger partial charge in [0, 0.05) is 31.1 Å². The zero-order valence-corrected chi connectivity index (χ0v) is 22.0. The Hall–Kier alpha value is -4.06. The number of hydrogen-bond acceptors (Lipinski definition) is 4. The lowest BCUT2D eigenvalue weighted by Gasteiger charge is -2.18. The first-order valence-electron chi connectivity index (χ1n) is 13.5. The molecule has 1 aromatic heterocycles. The minimum absolute atomic E-state index is 0.0449. The monoisotopic (exact) mass is 509 g/mol. The van der Waals surface area contributed by atoms with Gasteiger partial charge in [-0.3, -0.25) is 4.79 Å². The van der Waals surface area contributed by atoms with Crippen molar-refractivity contribution in [3.63, 3.8) is 0 Å². The van der Waals surface area contributed by atoms with Crippen molar-refractivity contribution in [3.8, 4) is 11.5 Å². The Bertz CT molecular complexity index is 1390. The summed E-state index contributed by atoms with van der Waals surface area (Å²) in [4.78, 5) is 19.9. The molecule has 6 nitrogen and oxygen atoms in total. The molecule has 1 amide bonds. The molecule has 1 unspecified atom stereocenters. The molecule has 0 spiro atoms. The first-order chi connectivity index (χ1) is 18.7. The number of imidazole rings is 1. The van der Waals surface area contributed by atoms with Crippen molar-refractivity contribution in [1.29, 1.82) is 0 Å². The second-order valence-electron chi connectivity index (χ2n) is 9.60. The van der Waals surface area contributed by atoms with Crippen LogP contribution < -0.4 is 14.4 Å². The number of rotatable bonds is 12. The van der Waals surface area contributed by atoms with Gasteiger partial charge < -0.3 is 18.9 Å². The van der Waals surface area contributed by atoms with Crippen LogP contribution in [0.2, 0.25) is 0 Å². The average Bonchev–Trinajstić information content (AvgIpc) is 3.50. The number of amides is 1. The molecule has 0 aliphatic carbocycles. The van der Waals surface area contributed by atoms with Gasteiger partial charge in [-0.1, -0.05) is 36.4 Å². The lowest BCUT2D eigenvalue weighted by molar-refractivity contribution is -0.117. The Balaban J connectivity index is 1.27. The van der Waals surface area contributed by atoms with Crippen LogP contribution >= 0.6 is 0 Å². The number of carbonyl (C=O) groups is 1. The number of benzene rings is 3. The molecule has 4 aromatic rings. The normalized spacial score (nSPS) is 15.2. The standard InChI is InChI=1S/C32H35N3O3/c1-3-11-24-12-5-8-15-30(24)38-21-10-9-20-34-29-14-7-6-13-28(29)33-32(34)25-22-31(36)35(23-25)26-16-18-27(19-17-26)37-4-2/h3,5-8,12-19,25H,1,4,9-11,20-23H2,2H3. The molecule has 3 aromatic carbocycles. The highest BCUT2D eigenvalue weighted by atomic mass is 16.5. The molecule has 196 valence electrons. The maximum Gasteiger partial charge on any atom is 0.227 e. The fraction of sp³-hybridized carbons (Fsp3) is 0.312. The van der Waals surface area contributed by atoms with Gasteiger partial charge in [0.05, 0.1) is 24.2 Å². The summed E-state index contributed by atoms with van der Waals surface area (Å²) in [5.41, 5.74) is 4.15. The van der Waals surface area contributed by atoms with E-state index in [2.05, 4.69) is 35.4 Å². The van der Waals surface area contributed by atoms with E-state index >= 15 is 0 Å². The highest BCUT2D eigenvalue weighted by Gasteiger charge is 2.34. The maximum absolute atomic E-state index is 13.0. The summed E-state index contributed by atoms with van der Waals surface area (Å²) >= 11 is 0. The first kappa shape index (κ1) is 25.6. The molecule has 6 heteroatoms. The smallest absolute Gasteiger partial charge is 0.227 e. The molecule has 1 atom stereocenters. The third-order valence-electron chi connectivity index (χ3n) is 7.00. The summed E-state index contributed by atoms with van der Waals surface area (Å²) in [7, 11) is 0. The van der Waals surface area contributed by atoms with Crippen LogP contribution in [-0.2, 0) is 17.8 Å². The quantitative estimate of drug-likeness (QED) is 0.161. The van der Waals surface area contributed by atoms with Gasteiger partial charge in [-0.2, -0.15) is 0 Å². The van der Waals surface area contributed by atoms with Crippen molar-refractivity contribution in [2.24, 2.45) is 0 Å². The van der Waals surface area contributed by atoms with Gasteiger partial charge in [0.1, 0.15) is 17.3 Å². The van der Waals surface area contributed by atoms with Crippen molar-refractivity contribution in [3.05, 3.63) is 96.8 Å². The van der Waals surface area contributed by atoms with Gasteiger partial charge in [0.2, 0.25) is 5.91 Å². The van der Waals surface area contributed by atoms with E-state index < -0.39 is 0 Å². The molecule has 0 bridgehead atoms. The van der Waals surface area contributed by atoms with Crippen molar-refractivity contribution in [2.45, 2.75) is 45.1 Å². The van der Waals surface area contributed by atoms with Crippen LogP contribution in [0.1, 0.15) is 43.5 Å². The Morgan fingerprint density at radius 1 is 1.00 bits per heavy atom. The molecule has 1 saturated heterocycles. The summed E-state index contributed by atoms with van der Waals surface area (Å²) in [6.45, 7) is 8.54. The van der Waals surface area contributed by atoms with E-state index in [1.807, 2.05) is 66.4 Å². The molecule has 38 heavy (non-hydrogen) atoms. The van der Waals surface area contributed by atoms with Crippen LogP contribution in [0.3, 0.4) is 0 Å². The topological polar surface area (TPSA) is 56.6 Å². The van der Waals surface area contributed by atoms with Crippen molar-refractivity contribution in [2.75, 3.05) is 24.7 Å². The van der Waals surface area contributed by atoms with E-state index in [1.165, 1.54) is 0 Å². The van der Waals surface area contributed by atoms with Crippen LogP contribution in [0.25, 0.3) is 11.0 Å². The summed E-state index contributed by atoms with van der Waals surface area (Å²) in [6, 6.07) is 24.1. The molecule has 0 radical (unpaired) electrons. The number of nitrogens with zero attached hydrogens (tertiary/aromatic N) is 3. The fourth-order valence-corrected chi connectivity index (χ4v) is 5.18. The predicted octanol–water partition coefficient (Wildman–Crippen LogP) is 6.54. The molecule has 1 fully saturated rings.